The molecule has 0 atom stereocenters. The number of hydrogen-bond donors (Lipinski definition) is 1. The van der Waals surface area contributed by atoms with Crippen LogP contribution in [-0.2, 0) is 6.54 Å². The first-order chi connectivity index (χ1) is 12.2. The summed E-state index contributed by atoms with van der Waals surface area (Å²) in [5, 5.41) is 8.72. The Hall–Kier alpha value is -3.05. The first-order valence-electron chi connectivity index (χ1n) is 7.75. The van der Waals surface area contributed by atoms with Crippen LogP contribution in [0.3, 0.4) is 0 Å². The zero-order chi connectivity index (χ0) is 17.2. The number of amides is 1. The van der Waals surface area contributed by atoms with Gasteiger partial charge in [0.2, 0.25) is 0 Å². The van der Waals surface area contributed by atoms with E-state index in [2.05, 4.69) is 10.4 Å². The smallest absolute Gasteiger partial charge is 0.287 e. The molecule has 0 unspecified atom stereocenters. The average molecular weight is 352 g/mol. The van der Waals surface area contributed by atoms with Crippen LogP contribution in [-0.4, -0.2) is 15.7 Å². The SMILES string of the molecule is O=C(NCc1cnn(-c2ccc(Cl)cc2)c1)c1cc2ccccc2o1. The van der Waals surface area contributed by atoms with Crippen LogP contribution >= 0.6 is 11.6 Å². The summed E-state index contributed by atoms with van der Waals surface area (Å²) < 4.78 is 7.29. The van der Waals surface area contributed by atoms with E-state index in [-0.39, 0.29) is 5.91 Å². The molecule has 0 spiro atoms. The van der Waals surface area contributed by atoms with Gasteiger partial charge in [0.1, 0.15) is 5.58 Å². The van der Waals surface area contributed by atoms with Gasteiger partial charge in [-0.1, -0.05) is 29.8 Å². The molecule has 0 aliphatic rings. The molecule has 0 saturated carbocycles. The number of nitrogens with one attached hydrogen (secondary N) is 1. The number of hydrogen-bond acceptors (Lipinski definition) is 3. The fraction of sp³-hybridized carbons (Fsp3) is 0.0526. The number of fused-ring (bicyclic) bond motifs is 1. The molecule has 0 radical (unpaired) electrons. The van der Waals surface area contributed by atoms with Gasteiger partial charge < -0.3 is 9.73 Å². The Bertz CT molecular complexity index is 1000. The summed E-state index contributed by atoms with van der Waals surface area (Å²) in [7, 11) is 0. The largest absolute Gasteiger partial charge is 0.451 e. The monoisotopic (exact) mass is 351 g/mol. The van der Waals surface area contributed by atoms with Crippen LogP contribution < -0.4 is 5.32 Å². The van der Waals surface area contributed by atoms with E-state index in [1.54, 1.807) is 16.9 Å². The molecule has 0 aliphatic carbocycles. The number of carbonyl (C=O) groups excluding carboxylic acids is 1. The second-order valence-corrected chi connectivity index (χ2v) is 6.04. The van der Waals surface area contributed by atoms with Gasteiger partial charge in [0.05, 0.1) is 11.9 Å². The van der Waals surface area contributed by atoms with Gasteiger partial charge in [-0.05, 0) is 36.4 Å². The van der Waals surface area contributed by atoms with Crippen molar-refractivity contribution in [1.29, 1.82) is 0 Å². The Morgan fingerprint density at radius 2 is 1.96 bits per heavy atom. The van der Waals surface area contributed by atoms with Crippen LogP contribution in [0, 0.1) is 0 Å². The van der Waals surface area contributed by atoms with Crippen molar-refractivity contribution < 1.29 is 9.21 Å². The summed E-state index contributed by atoms with van der Waals surface area (Å²) in [6.45, 7) is 0.365. The molecule has 2 aromatic carbocycles. The third-order valence-corrected chi connectivity index (χ3v) is 4.08. The van der Waals surface area contributed by atoms with E-state index in [0.29, 0.717) is 22.9 Å². The molecular weight excluding hydrogens is 338 g/mol. The van der Waals surface area contributed by atoms with E-state index in [0.717, 1.165) is 16.6 Å². The molecule has 124 valence electrons. The standard InChI is InChI=1S/C19H14ClN3O2/c20-15-5-7-16(8-6-15)23-12-13(11-22-23)10-21-19(24)18-9-14-3-1-2-4-17(14)25-18/h1-9,11-12H,10H2,(H,21,24). The molecule has 25 heavy (non-hydrogen) atoms. The van der Waals surface area contributed by atoms with Gasteiger partial charge in [-0.15, -0.1) is 0 Å². The number of furan rings is 1. The van der Waals surface area contributed by atoms with E-state index < -0.39 is 0 Å². The van der Waals surface area contributed by atoms with Gasteiger partial charge >= 0.3 is 0 Å². The fourth-order valence-corrected chi connectivity index (χ4v) is 2.68. The lowest BCUT2D eigenvalue weighted by molar-refractivity contribution is 0.0925. The number of benzene rings is 2. The molecule has 4 rings (SSSR count). The predicted octanol–water partition coefficient (Wildman–Crippen LogP) is 4.20. The van der Waals surface area contributed by atoms with Crippen LogP contribution in [0.1, 0.15) is 16.1 Å². The molecule has 5 nitrogen and oxygen atoms in total. The van der Waals surface area contributed by atoms with E-state index in [1.165, 1.54) is 0 Å². The van der Waals surface area contributed by atoms with Crippen molar-refractivity contribution in [2.75, 3.05) is 0 Å². The Balaban J connectivity index is 1.44. The molecule has 0 fully saturated rings. The Labute approximate surface area is 148 Å². The molecule has 0 saturated heterocycles. The van der Waals surface area contributed by atoms with Crippen molar-refractivity contribution in [3.8, 4) is 5.69 Å². The first-order valence-corrected chi connectivity index (χ1v) is 8.13. The summed E-state index contributed by atoms with van der Waals surface area (Å²) in [6.07, 6.45) is 3.58. The highest BCUT2D eigenvalue weighted by Crippen LogP contribution is 2.19. The highest BCUT2D eigenvalue weighted by Gasteiger charge is 2.12. The molecule has 6 heteroatoms. The number of aromatic nitrogens is 2. The van der Waals surface area contributed by atoms with Gasteiger partial charge in [-0.25, -0.2) is 4.68 Å². The topological polar surface area (TPSA) is 60.1 Å². The van der Waals surface area contributed by atoms with Crippen molar-refractivity contribution in [1.82, 2.24) is 15.1 Å². The summed E-state index contributed by atoms with van der Waals surface area (Å²) in [5.74, 6) is 0.0433. The third kappa shape index (κ3) is 3.27. The minimum atomic E-state index is -0.254. The summed E-state index contributed by atoms with van der Waals surface area (Å²) >= 11 is 5.89. The van der Waals surface area contributed by atoms with Crippen LogP contribution in [0.15, 0.2) is 71.4 Å². The minimum Gasteiger partial charge on any atom is -0.451 e. The number of carbonyl (C=O) groups is 1. The highest BCUT2D eigenvalue weighted by atomic mass is 35.5. The lowest BCUT2D eigenvalue weighted by Crippen LogP contribution is -2.21. The molecule has 0 bridgehead atoms. The summed E-state index contributed by atoms with van der Waals surface area (Å²) in [6, 6.07) is 16.6. The normalized spacial score (nSPS) is 10.9. The Morgan fingerprint density at radius 1 is 1.16 bits per heavy atom. The van der Waals surface area contributed by atoms with E-state index in [9.17, 15) is 4.79 Å². The van der Waals surface area contributed by atoms with E-state index in [1.807, 2.05) is 54.7 Å². The second-order valence-electron chi connectivity index (χ2n) is 5.60. The van der Waals surface area contributed by atoms with Gasteiger partial charge in [-0.2, -0.15) is 5.10 Å². The van der Waals surface area contributed by atoms with Gasteiger partial charge in [-0.3, -0.25) is 4.79 Å². The quantitative estimate of drug-likeness (QED) is 0.599. The first kappa shape index (κ1) is 15.5. The molecular formula is C19H14ClN3O2. The van der Waals surface area contributed by atoms with E-state index in [4.69, 9.17) is 16.0 Å². The van der Waals surface area contributed by atoms with Crippen LogP contribution in [0.25, 0.3) is 16.7 Å². The number of nitrogens with zero attached hydrogens (tertiary/aromatic N) is 2. The van der Waals surface area contributed by atoms with Crippen LogP contribution in [0.5, 0.6) is 0 Å². The highest BCUT2D eigenvalue weighted by molar-refractivity contribution is 6.30. The molecule has 2 heterocycles. The van der Waals surface area contributed by atoms with Crippen molar-refractivity contribution in [2.45, 2.75) is 6.54 Å². The van der Waals surface area contributed by atoms with Crippen molar-refractivity contribution in [2.24, 2.45) is 0 Å². The molecule has 4 aromatic rings. The molecule has 2 aromatic heterocycles. The number of rotatable bonds is 4. The maximum Gasteiger partial charge on any atom is 0.287 e. The van der Waals surface area contributed by atoms with Crippen molar-refractivity contribution >= 4 is 28.5 Å². The zero-order valence-electron chi connectivity index (χ0n) is 13.1. The lowest BCUT2D eigenvalue weighted by Gasteiger charge is -2.01. The third-order valence-electron chi connectivity index (χ3n) is 3.83. The summed E-state index contributed by atoms with van der Waals surface area (Å²) in [4.78, 5) is 12.3. The van der Waals surface area contributed by atoms with Gasteiger partial charge in [0.15, 0.2) is 5.76 Å². The molecule has 1 N–H and O–H groups in total. The summed E-state index contributed by atoms with van der Waals surface area (Å²) in [5.41, 5.74) is 2.49. The predicted molar refractivity (Wildman–Crippen MR) is 96.0 cm³/mol. The fourth-order valence-electron chi connectivity index (χ4n) is 2.55. The Kier molecular flexibility index (Phi) is 3.99. The lowest BCUT2D eigenvalue weighted by atomic mass is 10.2. The zero-order valence-corrected chi connectivity index (χ0v) is 13.9. The van der Waals surface area contributed by atoms with Crippen molar-refractivity contribution in [3.05, 3.63) is 83.3 Å². The second kappa shape index (κ2) is 6.45. The van der Waals surface area contributed by atoms with E-state index >= 15 is 0 Å². The number of halogens is 1. The van der Waals surface area contributed by atoms with Crippen molar-refractivity contribution in [3.63, 3.8) is 0 Å². The maximum absolute atomic E-state index is 12.3. The minimum absolute atomic E-state index is 0.254. The van der Waals surface area contributed by atoms with Gasteiger partial charge in [0.25, 0.3) is 5.91 Å². The van der Waals surface area contributed by atoms with Gasteiger partial charge in [0, 0.05) is 28.7 Å². The molecule has 1 amide bonds. The Morgan fingerprint density at radius 3 is 2.76 bits per heavy atom. The van der Waals surface area contributed by atoms with Crippen LogP contribution in [0.4, 0.5) is 0 Å². The average Bonchev–Trinajstić information content (AvgIpc) is 3.27. The number of para-hydroxylation sites is 1. The molecule has 0 aliphatic heterocycles. The van der Waals surface area contributed by atoms with Crippen LogP contribution in [0.2, 0.25) is 5.02 Å². The maximum atomic E-state index is 12.3.